The number of hydrogen-bond donors (Lipinski definition) is 2. The van der Waals surface area contributed by atoms with E-state index in [9.17, 15) is 9.59 Å². The number of nitrogens with one attached hydrogen (secondary N) is 2. The minimum absolute atomic E-state index is 0.0378. The van der Waals surface area contributed by atoms with Crippen LogP contribution in [0.1, 0.15) is 50.9 Å². The van der Waals surface area contributed by atoms with Crippen LogP contribution in [0.15, 0.2) is 0 Å². The molecule has 0 aliphatic heterocycles. The van der Waals surface area contributed by atoms with E-state index in [2.05, 4.69) is 34.5 Å². The Balaban J connectivity index is 1.99. The Morgan fingerprint density at radius 2 is 1.81 bits per heavy atom. The summed E-state index contributed by atoms with van der Waals surface area (Å²) in [7, 11) is 4.07. The largest absolute Gasteiger partial charge is 0.346 e. The van der Waals surface area contributed by atoms with E-state index in [1.54, 1.807) is 0 Å². The van der Waals surface area contributed by atoms with Gasteiger partial charge in [0.2, 0.25) is 0 Å². The molecule has 0 radical (unpaired) electrons. The summed E-state index contributed by atoms with van der Waals surface area (Å²) in [4.78, 5) is 26.8. The molecule has 1 aromatic heterocycles. The predicted molar refractivity (Wildman–Crippen MR) is 103 cm³/mol. The molecule has 0 unspecified atom stereocenters. The molecule has 1 saturated carbocycles. The van der Waals surface area contributed by atoms with Crippen molar-refractivity contribution in [2.75, 3.05) is 26.0 Å². The minimum Gasteiger partial charge on any atom is -0.346 e. The third-order valence-corrected chi connectivity index (χ3v) is 5.43. The van der Waals surface area contributed by atoms with Crippen LogP contribution in [0.4, 0.5) is 5.69 Å². The van der Waals surface area contributed by atoms with Gasteiger partial charge in [-0.1, -0.05) is 26.7 Å². The molecule has 2 amide bonds. The molecular formula is C19H33N5O2. The van der Waals surface area contributed by atoms with Gasteiger partial charge in [-0.2, -0.15) is 5.10 Å². The quantitative estimate of drug-likeness (QED) is 0.759. The molecule has 2 rings (SSSR count). The van der Waals surface area contributed by atoms with E-state index in [1.807, 2.05) is 32.6 Å². The number of carbonyl (C=O) groups is 2. The van der Waals surface area contributed by atoms with Crippen molar-refractivity contribution < 1.29 is 9.59 Å². The average molecular weight is 364 g/mol. The summed E-state index contributed by atoms with van der Waals surface area (Å²) in [5, 5.41) is 10.0. The summed E-state index contributed by atoms with van der Waals surface area (Å²) in [5.74, 6) is -0.769. The number of aromatic nitrogens is 2. The van der Waals surface area contributed by atoms with E-state index >= 15 is 0 Å². The monoisotopic (exact) mass is 363 g/mol. The van der Waals surface area contributed by atoms with Crippen LogP contribution in [0.2, 0.25) is 0 Å². The maximum atomic E-state index is 12.4. The van der Waals surface area contributed by atoms with Crippen molar-refractivity contribution in [3.63, 3.8) is 0 Å². The number of rotatable bonds is 6. The first-order valence-electron chi connectivity index (χ1n) is 9.47. The molecule has 7 heteroatoms. The first kappa shape index (κ1) is 20.4. The lowest BCUT2D eigenvalue weighted by molar-refractivity contribution is -0.136. The number of likely N-dealkylation sites (N-methyl/N-ethyl adjacent to an activating group) is 1. The molecular weight excluding hydrogens is 330 g/mol. The van der Waals surface area contributed by atoms with Gasteiger partial charge in [0.15, 0.2) is 0 Å². The van der Waals surface area contributed by atoms with Crippen LogP contribution in [0.3, 0.4) is 0 Å². The predicted octanol–water partition coefficient (Wildman–Crippen LogP) is 2.09. The smallest absolute Gasteiger partial charge is 0.313 e. The molecule has 0 bridgehead atoms. The van der Waals surface area contributed by atoms with E-state index in [0.717, 1.165) is 43.6 Å². The Hall–Kier alpha value is -1.89. The fourth-order valence-electron chi connectivity index (χ4n) is 3.71. The van der Waals surface area contributed by atoms with Crippen molar-refractivity contribution in [1.29, 1.82) is 0 Å². The van der Waals surface area contributed by atoms with Crippen LogP contribution >= 0.6 is 0 Å². The molecule has 1 aromatic rings. The lowest BCUT2D eigenvalue weighted by Gasteiger charge is -2.36. The van der Waals surface area contributed by atoms with Gasteiger partial charge >= 0.3 is 11.8 Å². The molecule has 1 fully saturated rings. The SMILES string of the molecule is Cc1nn(CC(C)C)c(C)c1NC(=O)C(=O)NCC1(N(C)C)CCCC1. The Labute approximate surface area is 156 Å². The lowest BCUT2D eigenvalue weighted by Crippen LogP contribution is -2.52. The minimum atomic E-state index is -0.632. The number of anilines is 1. The van der Waals surface area contributed by atoms with Crippen molar-refractivity contribution >= 4 is 17.5 Å². The van der Waals surface area contributed by atoms with Crippen LogP contribution < -0.4 is 10.6 Å². The second kappa shape index (κ2) is 8.20. The number of hydrogen-bond acceptors (Lipinski definition) is 4. The van der Waals surface area contributed by atoms with Gasteiger partial charge < -0.3 is 15.5 Å². The Bertz CT molecular complexity index is 657. The van der Waals surface area contributed by atoms with E-state index in [4.69, 9.17) is 0 Å². The van der Waals surface area contributed by atoms with Gasteiger partial charge in [0, 0.05) is 18.6 Å². The molecule has 0 saturated heterocycles. The van der Waals surface area contributed by atoms with E-state index in [1.165, 1.54) is 0 Å². The number of carbonyl (C=O) groups excluding carboxylic acids is 2. The Morgan fingerprint density at radius 3 is 2.35 bits per heavy atom. The van der Waals surface area contributed by atoms with Gasteiger partial charge in [0.25, 0.3) is 0 Å². The zero-order valence-corrected chi connectivity index (χ0v) is 17.0. The topological polar surface area (TPSA) is 79.3 Å². The number of nitrogens with zero attached hydrogens (tertiary/aromatic N) is 3. The summed E-state index contributed by atoms with van der Waals surface area (Å²) in [5.41, 5.74) is 2.20. The van der Waals surface area contributed by atoms with E-state index in [0.29, 0.717) is 18.2 Å². The third-order valence-electron chi connectivity index (χ3n) is 5.43. The first-order valence-corrected chi connectivity index (χ1v) is 9.47. The maximum absolute atomic E-state index is 12.4. The molecule has 0 spiro atoms. The van der Waals surface area contributed by atoms with Crippen molar-refractivity contribution in [3.8, 4) is 0 Å². The molecule has 146 valence electrons. The highest BCUT2D eigenvalue weighted by Crippen LogP contribution is 2.33. The summed E-state index contributed by atoms with van der Waals surface area (Å²) in [6, 6.07) is 0. The van der Waals surface area contributed by atoms with Crippen LogP contribution in [0.25, 0.3) is 0 Å². The van der Waals surface area contributed by atoms with Gasteiger partial charge in [0.05, 0.1) is 17.1 Å². The van der Waals surface area contributed by atoms with Gasteiger partial charge in [-0.25, -0.2) is 0 Å². The lowest BCUT2D eigenvalue weighted by atomic mass is 9.96. The van der Waals surface area contributed by atoms with Crippen LogP contribution in [-0.2, 0) is 16.1 Å². The fourth-order valence-corrected chi connectivity index (χ4v) is 3.71. The summed E-state index contributed by atoms with van der Waals surface area (Å²) >= 11 is 0. The second-order valence-corrected chi connectivity index (χ2v) is 8.08. The maximum Gasteiger partial charge on any atom is 0.313 e. The second-order valence-electron chi connectivity index (χ2n) is 8.08. The number of aryl methyl sites for hydroxylation is 1. The van der Waals surface area contributed by atoms with Crippen molar-refractivity contribution in [1.82, 2.24) is 20.0 Å². The molecule has 7 nitrogen and oxygen atoms in total. The van der Waals surface area contributed by atoms with Crippen LogP contribution in [0, 0.1) is 19.8 Å². The Kier molecular flexibility index (Phi) is 6.44. The summed E-state index contributed by atoms with van der Waals surface area (Å²) in [6.45, 7) is 9.26. The highest BCUT2D eigenvalue weighted by atomic mass is 16.2. The average Bonchev–Trinajstić information content (AvgIpc) is 3.14. The van der Waals surface area contributed by atoms with Crippen LogP contribution in [-0.4, -0.2) is 52.7 Å². The highest BCUT2D eigenvalue weighted by molar-refractivity contribution is 6.39. The third kappa shape index (κ3) is 4.44. The molecule has 1 aliphatic rings. The molecule has 2 N–H and O–H groups in total. The number of amides is 2. The summed E-state index contributed by atoms with van der Waals surface area (Å²) < 4.78 is 1.88. The first-order chi connectivity index (χ1) is 12.2. The van der Waals surface area contributed by atoms with E-state index in [-0.39, 0.29) is 5.54 Å². The molecule has 0 aromatic carbocycles. The van der Waals surface area contributed by atoms with Crippen molar-refractivity contribution in [2.24, 2.45) is 5.92 Å². The molecule has 0 atom stereocenters. The molecule has 26 heavy (non-hydrogen) atoms. The fraction of sp³-hybridized carbons (Fsp3) is 0.737. The molecule has 1 aliphatic carbocycles. The van der Waals surface area contributed by atoms with Crippen molar-refractivity contribution in [2.45, 2.75) is 65.5 Å². The zero-order chi connectivity index (χ0) is 19.5. The van der Waals surface area contributed by atoms with Gasteiger partial charge in [0.1, 0.15) is 0 Å². The van der Waals surface area contributed by atoms with Gasteiger partial charge in [-0.3, -0.25) is 14.3 Å². The Morgan fingerprint density at radius 1 is 1.19 bits per heavy atom. The molecule has 1 heterocycles. The van der Waals surface area contributed by atoms with E-state index < -0.39 is 11.8 Å². The zero-order valence-electron chi connectivity index (χ0n) is 17.0. The van der Waals surface area contributed by atoms with Gasteiger partial charge in [-0.05, 0) is 46.7 Å². The highest BCUT2D eigenvalue weighted by Gasteiger charge is 2.36. The normalized spacial score (nSPS) is 16.3. The van der Waals surface area contributed by atoms with Crippen LogP contribution in [0.5, 0.6) is 0 Å². The summed E-state index contributed by atoms with van der Waals surface area (Å²) in [6.07, 6.45) is 4.41. The van der Waals surface area contributed by atoms with Crippen molar-refractivity contribution in [3.05, 3.63) is 11.4 Å². The van der Waals surface area contributed by atoms with Gasteiger partial charge in [-0.15, -0.1) is 0 Å². The standard InChI is InChI=1S/C19H33N5O2/c1-13(2)11-24-15(4)16(14(3)22-24)21-18(26)17(25)20-12-19(23(5)6)9-7-8-10-19/h13H,7-12H2,1-6H3,(H,20,25)(H,21,26).